The Bertz CT molecular complexity index is 834. The zero-order valence-corrected chi connectivity index (χ0v) is 15.6. The van der Waals surface area contributed by atoms with Gasteiger partial charge in [-0.3, -0.25) is 4.79 Å². The molecule has 1 amide bonds. The summed E-state index contributed by atoms with van der Waals surface area (Å²) in [6, 6.07) is 10.2. The second-order valence-electron chi connectivity index (χ2n) is 5.98. The standard InChI is InChI=1S/C20H23FN2O3/c1-12-7-6-8-18(13(12)2)26-15(4)20(24)23-22-14(3)16-9-10-19(25-5)17(21)11-16/h6-11,15H,1-5H3,(H,23,24)/b22-14-/t15-/m1/s1. The van der Waals surface area contributed by atoms with Crippen LogP contribution < -0.4 is 14.9 Å². The van der Waals surface area contributed by atoms with Crippen LogP contribution in [-0.2, 0) is 4.79 Å². The molecule has 0 unspecified atom stereocenters. The smallest absolute Gasteiger partial charge is 0.280 e. The third-order valence-electron chi connectivity index (χ3n) is 4.13. The Morgan fingerprint density at radius 3 is 2.58 bits per heavy atom. The van der Waals surface area contributed by atoms with Gasteiger partial charge in [0.2, 0.25) is 0 Å². The highest BCUT2D eigenvalue weighted by Crippen LogP contribution is 2.22. The van der Waals surface area contributed by atoms with E-state index in [-0.39, 0.29) is 11.7 Å². The topological polar surface area (TPSA) is 59.9 Å². The second kappa shape index (κ2) is 8.47. The molecule has 0 aromatic heterocycles. The molecule has 0 saturated heterocycles. The molecule has 0 saturated carbocycles. The first-order valence-corrected chi connectivity index (χ1v) is 8.24. The molecule has 2 aromatic rings. The molecule has 138 valence electrons. The van der Waals surface area contributed by atoms with Crippen LogP contribution in [0.4, 0.5) is 4.39 Å². The summed E-state index contributed by atoms with van der Waals surface area (Å²) in [6.07, 6.45) is -0.723. The maximum absolute atomic E-state index is 13.8. The number of ether oxygens (including phenoxy) is 2. The van der Waals surface area contributed by atoms with E-state index >= 15 is 0 Å². The fourth-order valence-electron chi connectivity index (χ4n) is 2.28. The number of rotatable bonds is 6. The second-order valence-corrected chi connectivity index (χ2v) is 5.98. The van der Waals surface area contributed by atoms with Crippen LogP contribution in [0.2, 0.25) is 0 Å². The first kappa shape index (κ1) is 19.4. The van der Waals surface area contributed by atoms with Gasteiger partial charge in [-0.25, -0.2) is 9.82 Å². The van der Waals surface area contributed by atoms with Crippen LogP contribution in [0.25, 0.3) is 0 Å². The number of carbonyl (C=O) groups is 1. The van der Waals surface area contributed by atoms with Gasteiger partial charge < -0.3 is 9.47 Å². The number of hydrazone groups is 1. The summed E-state index contributed by atoms with van der Waals surface area (Å²) in [7, 11) is 1.40. The van der Waals surface area contributed by atoms with Gasteiger partial charge in [0, 0.05) is 5.56 Å². The Hall–Kier alpha value is -2.89. The molecule has 0 aliphatic rings. The molecule has 6 heteroatoms. The third-order valence-corrected chi connectivity index (χ3v) is 4.13. The van der Waals surface area contributed by atoms with Gasteiger partial charge >= 0.3 is 0 Å². The molecule has 1 atom stereocenters. The largest absolute Gasteiger partial charge is 0.494 e. The Morgan fingerprint density at radius 2 is 1.92 bits per heavy atom. The highest BCUT2D eigenvalue weighted by Gasteiger charge is 2.16. The number of carbonyl (C=O) groups excluding carboxylic acids is 1. The summed E-state index contributed by atoms with van der Waals surface area (Å²) in [5, 5.41) is 4.02. The molecule has 2 rings (SSSR count). The maximum atomic E-state index is 13.8. The van der Waals surface area contributed by atoms with Gasteiger partial charge in [0.25, 0.3) is 5.91 Å². The van der Waals surface area contributed by atoms with Crippen molar-refractivity contribution in [1.82, 2.24) is 5.43 Å². The summed E-state index contributed by atoms with van der Waals surface area (Å²) in [4.78, 5) is 12.2. The lowest BCUT2D eigenvalue weighted by molar-refractivity contribution is -0.127. The van der Waals surface area contributed by atoms with Gasteiger partial charge in [0.05, 0.1) is 12.8 Å². The molecule has 2 aromatic carbocycles. The van der Waals surface area contributed by atoms with Crippen LogP contribution in [0.1, 0.15) is 30.5 Å². The van der Waals surface area contributed by atoms with E-state index in [4.69, 9.17) is 9.47 Å². The maximum Gasteiger partial charge on any atom is 0.280 e. The zero-order valence-electron chi connectivity index (χ0n) is 15.6. The number of benzene rings is 2. The van der Waals surface area contributed by atoms with Gasteiger partial charge in [0.1, 0.15) is 5.75 Å². The summed E-state index contributed by atoms with van der Waals surface area (Å²) < 4.78 is 24.4. The minimum atomic E-state index is -0.723. The number of nitrogens with one attached hydrogen (secondary N) is 1. The van der Waals surface area contributed by atoms with E-state index in [1.807, 2.05) is 32.0 Å². The van der Waals surface area contributed by atoms with Gasteiger partial charge in [-0.05, 0) is 63.1 Å². The molecule has 0 bridgehead atoms. The predicted octanol–water partition coefficient (Wildman–Crippen LogP) is 3.76. The summed E-state index contributed by atoms with van der Waals surface area (Å²) in [6.45, 7) is 7.25. The Kier molecular flexibility index (Phi) is 6.33. The minimum Gasteiger partial charge on any atom is -0.494 e. The third kappa shape index (κ3) is 4.59. The predicted molar refractivity (Wildman–Crippen MR) is 99.3 cm³/mol. The summed E-state index contributed by atoms with van der Waals surface area (Å²) in [5.41, 5.74) is 5.55. The zero-order chi connectivity index (χ0) is 19.3. The first-order chi connectivity index (χ1) is 12.3. The molecule has 0 radical (unpaired) electrons. The molecular weight excluding hydrogens is 335 g/mol. The highest BCUT2D eigenvalue weighted by atomic mass is 19.1. The minimum absolute atomic E-state index is 0.154. The Balaban J connectivity index is 2.03. The van der Waals surface area contributed by atoms with E-state index in [1.54, 1.807) is 19.9 Å². The van der Waals surface area contributed by atoms with E-state index in [2.05, 4.69) is 10.5 Å². The number of methoxy groups -OCH3 is 1. The fraction of sp³-hybridized carbons (Fsp3) is 0.300. The van der Waals surface area contributed by atoms with Crippen molar-refractivity contribution in [3.8, 4) is 11.5 Å². The van der Waals surface area contributed by atoms with Crippen molar-refractivity contribution in [2.45, 2.75) is 33.8 Å². The lowest BCUT2D eigenvalue weighted by Gasteiger charge is -2.16. The number of aryl methyl sites for hydroxylation is 1. The van der Waals surface area contributed by atoms with Crippen LogP contribution in [0.5, 0.6) is 11.5 Å². The van der Waals surface area contributed by atoms with Crippen molar-refractivity contribution >= 4 is 11.6 Å². The van der Waals surface area contributed by atoms with E-state index < -0.39 is 11.9 Å². The number of hydrogen-bond donors (Lipinski definition) is 1. The molecule has 0 fully saturated rings. The Morgan fingerprint density at radius 1 is 1.19 bits per heavy atom. The van der Waals surface area contributed by atoms with Gasteiger partial charge in [0.15, 0.2) is 17.7 Å². The normalized spacial score (nSPS) is 12.5. The van der Waals surface area contributed by atoms with Crippen molar-refractivity contribution < 1.29 is 18.7 Å². The van der Waals surface area contributed by atoms with Crippen molar-refractivity contribution in [1.29, 1.82) is 0 Å². The van der Waals surface area contributed by atoms with E-state index in [1.165, 1.54) is 19.2 Å². The number of amides is 1. The van der Waals surface area contributed by atoms with Crippen LogP contribution >= 0.6 is 0 Å². The van der Waals surface area contributed by atoms with Crippen molar-refractivity contribution in [2.75, 3.05) is 7.11 Å². The van der Waals surface area contributed by atoms with Crippen molar-refractivity contribution in [3.05, 3.63) is 58.9 Å². The summed E-state index contributed by atoms with van der Waals surface area (Å²) >= 11 is 0. The number of nitrogens with zero attached hydrogens (tertiary/aromatic N) is 1. The lowest BCUT2D eigenvalue weighted by atomic mass is 10.1. The molecule has 0 aliphatic carbocycles. The number of hydrogen-bond acceptors (Lipinski definition) is 4. The van der Waals surface area contributed by atoms with E-state index in [0.717, 1.165) is 11.1 Å². The van der Waals surface area contributed by atoms with E-state index in [0.29, 0.717) is 17.0 Å². The van der Waals surface area contributed by atoms with Crippen LogP contribution in [0.15, 0.2) is 41.5 Å². The Labute approximate surface area is 152 Å². The van der Waals surface area contributed by atoms with Gasteiger partial charge in [-0.2, -0.15) is 5.10 Å². The monoisotopic (exact) mass is 358 g/mol. The van der Waals surface area contributed by atoms with Crippen LogP contribution in [0, 0.1) is 19.7 Å². The number of halogens is 1. The SMILES string of the molecule is COc1ccc(/C(C)=N\NC(=O)[C@@H](C)Oc2cccc(C)c2C)cc1F. The van der Waals surface area contributed by atoms with Crippen molar-refractivity contribution in [3.63, 3.8) is 0 Å². The van der Waals surface area contributed by atoms with E-state index in [9.17, 15) is 9.18 Å². The molecule has 26 heavy (non-hydrogen) atoms. The first-order valence-electron chi connectivity index (χ1n) is 8.24. The highest BCUT2D eigenvalue weighted by molar-refractivity contribution is 5.99. The molecule has 1 N–H and O–H groups in total. The van der Waals surface area contributed by atoms with Crippen molar-refractivity contribution in [2.24, 2.45) is 5.10 Å². The summed E-state index contributed by atoms with van der Waals surface area (Å²) in [5.74, 6) is -0.0663. The van der Waals surface area contributed by atoms with Gasteiger partial charge in [-0.15, -0.1) is 0 Å². The van der Waals surface area contributed by atoms with Crippen LogP contribution in [-0.4, -0.2) is 24.8 Å². The molecule has 0 aliphatic heterocycles. The fourth-order valence-corrected chi connectivity index (χ4v) is 2.28. The molecule has 5 nitrogen and oxygen atoms in total. The molecular formula is C20H23FN2O3. The average molecular weight is 358 g/mol. The molecule has 0 heterocycles. The van der Waals surface area contributed by atoms with Gasteiger partial charge in [-0.1, -0.05) is 12.1 Å². The quantitative estimate of drug-likeness (QED) is 0.632. The average Bonchev–Trinajstić information content (AvgIpc) is 2.63. The molecule has 0 spiro atoms. The van der Waals surface area contributed by atoms with Crippen LogP contribution in [0.3, 0.4) is 0 Å². The lowest BCUT2D eigenvalue weighted by Crippen LogP contribution is -2.34.